The van der Waals surface area contributed by atoms with Crippen molar-refractivity contribution in [1.29, 1.82) is 0 Å². The summed E-state index contributed by atoms with van der Waals surface area (Å²) in [7, 11) is 0. The highest BCUT2D eigenvalue weighted by Gasteiger charge is 2.00. The van der Waals surface area contributed by atoms with Gasteiger partial charge < -0.3 is 4.74 Å². The van der Waals surface area contributed by atoms with Crippen LogP contribution in [0.5, 0.6) is 5.75 Å². The first-order valence-corrected chi connectivity index (χ1v) is 10.5. The van der Waals surface area contributed by atoms with Crippen LogP contribution in [-0.4, -0.2) is 6.61 Å². The van der Waals surface area contributed by atoms with Gasteiger partial charge in [0.25, 0.3) is 0 Å². The zero-order chi connectivity index (χ0) is 21.6. The second-order valence-electron chi connectivity index (χ2n) is 6.95. The van der Waals surface area contributed by atoms with Crippen LogP contribution in [0.2, 0.25) is 0 Å². The van der Waals surface area contributed by atoms with Crippen molar-refractivity contribution in [3.8, 4) is 29.4 Å². The lowest BCUT2D eigenvalue weighted by Gasteiger charge is -2.01. The van der Waals surface area contributed by atoms with Crippen molar-refractivity contribution in [3.63, 3.8) is 0 Å². The molecule has 0 bridgehead atoms. The topological polar surface area (TPSA) is 9.23 Å². The third-order valence-electron chi connectivity index (χ3n) is 4.51. The van der Waals surface area contributed by atoms with E-state index in [-0.39, 0.29) is 0 Å². The first-order chi connectivity index (χ1) is 14.6. The Labute approximate surface area is 179 Å². The first-order valence-electron chi connectivity index (χ1n) is 10.5. The van der Waals surface area contributed by atoms with E-state index in [9.17, 15) is 8.78 Å². The van der Waals surface area contributed by atoms with Crippen LogP contribution in [0, 0.1) is 23.7 Å². The Kier molecular flexibility index (Phi) is 10.3. The average molecular weight is 407 g/mol. The minimum absolute atomic E-state index is 0.564. The average Bonchev–Trinajstić information content (AvgIpc) is 2.77. The predicted octanol–water partition coefficient (Wildman–Crippen LogP) is 7.15. The fourth-order valence-electron chi connectivity index (χ4n) is 2.85. The van der Waals surface area contributed by atoms with E-state index in [1.807, 2.05) is 31.2 Å². The lowest BCUT2D eigenvalue weighted by Crippen LogP contribution is -1.90. The molecule has 2 rings (SSSR count). The van der Waals surface area contributed by atoms with Crippen molar-refractivity contribution < 1.29 is 13.5 Å². The van der Waals surface area contributed by atoms with E-state index in [0.29, 0.717) is 23.5 Å². The van der Waals surface area contributed by atoms with Gasteiger partial charge in [0.1, 0.15) is 5.75 Å². The Hall–Kier alpha value is -3.04. The third kappa shape index (κ3) is 8.54. The Bertz CT molecular complexity index is 933. The van der Waals surface area contributed by atoms with Crippen molar-refractivity contribution in [2.45, 2.75) is 52.4 Å². The number of unbranched alkanes of at least 4 members (excludes halogenated alkanes) is 4. The number of benzene rings is 2. The van der Waals surface area contributed by atoms with Gasteiger partial charge in [-0.1, -0.05) is 56.6 Å². The quantitative estimate of drug-likeness (QED) is 0.334. The molecule has 0 atom stereocenters. The number of aryl methyl sites for hydroxylation is 1. The first kappa shape index (κ1) is 23.2. The van der Waals surface area contributed by atoms with E-state index in [4.69, 9.17) is 4.74 Å². The molecule has 0 aromatic heterocycles. The van der Waals surface area contributed by atoms with Gasteiger partial charge in [0, 0.05) is 11.1 Å². The highest BCUT2D eigenvalue weighted by Crippen LogP contribution is 2.13. The van der Waals surface area contributed by atoms with Crippen LogP contribution in [0.1, 0.15) is 62.6 Å². The molecule has 0 aliphatic carbocycles. The van der Waals surface area contributed by atoms with Crippen molar-refractivity contribution in [1.82, 2.24) is 0 Å². The summed E-state index contributed by atoms with van der Waals surface area (Å²) in [5, 5.41) is 0. The molecule has 0 fully saturated rings. The van der Waals surface area contributed by atoms with Crippen LogP contribution in [0.3, 0.4) is 0 Å². The molecule has 0 amide bonds. The molecule has 0 N–H and O–H groups in total. The van der Waals surface area contributed by atoms with E-state index in [1.165, 1.54) is 37.7 Å². The zero-order valence-corrected chi connectivity index (χ0v) is 17.7. The summed E-state index contributed by atoms with van der Waals surface area (Å²) < 4.78 is 33.1. The summed E-state index contributed by atoms with van der Waals surface area (Å²) in [6.07, 6.45) is 7.24. The summed E-state index contributed by atoms with van der Waals surface area (Å²) in [6, 6.07) is 14.5. The molecular weight excluding hydrogens is 378 g/mol. The van der Waals surface area contributed by atoms with Crippen LogP contribution in [0.4, 0.5) is 8.78 Å². The number of halogens is 2. The van der Waals surface area contributed by atoms with Gasteiger partial charge in [0.15, 0.2) is 0 Å². The Morgan fingerprint density at radius 2 is 1.27 bits per heavy atom. The number of hydrogen-bond acceptors (Lipinski definition) is 1. The maximum Gasteiger partial charge on any atom is 0.217 e. The summed E-state index contributed by atoms with van der Waals surface area (Å²) in [5.74, 6) is 8.01. The number of allylic oxidation sites excluding steroid dienone is 2. The Morgan fingerprint density at radius 1 is 0.733 bits per heavy atom. The molecule has 0 aliphatic heterocycles. The van der Waals surface area contributed by atoms with E-state index >= 15 is 0 Å². The van der Waals surface area contributed by atoms with Gasteiger partial charge in [-0.3, -0.25) is 0 Å². The molecular formula is C27H28F2O. The third-order valence-corrected chi connectivity index (χ3v) is 4.51. The highest BCUT2D eigenvalue weighted by atomic mass is 19.2. The highest BCUT2D eigenvalue weighted by molar-refractivity contribution is 5.46. The molecule has 0 aliphatic rings. The minimum Gasteiger partial charge on any atom is -0.494 e. The largest absolute Gasteiger partial charge is 0.494 e. The SMILES string of the molecule is CCCCCCCc1ccc(C#CC(F)=C(F)C#Cc2ccc(OCC)cc2)cc1. The summed E-state index contributed by atoms with van der Waals surface area (Å²) >= 11 is 0. The molecule has 0 radical (unpaired) electrons. The van der Waals surface area contributed by atoms with Crippen LogP contribution in [0.15, 0.2) is 60.2 Å². The Balaban J connectivity index is 1.93. The molecule has 0 spiro atoms. The second-order valence-corrected chi connectivity index (χ2v) is 6.95. The maximum atomic E-state index is 13.9. The normalized spacial score (nSPS) is 10.9. The summed E-state index contributed by atoms with van der Waals surface area (Å²) in [6.45, 7) is 4.66. The fourth-order valence-corrected chi connectivity index (χ4v) is 2.85. The fraction of sp³-hybridized carbons (Fsp3) is 0.333. The molecule has 1 nitrogen and oxygen atoms in total. The van der Waals surface area contributed by atoms with Crippen LogP contribution in [0.25, 0.3) is 0 Å². The minimum atomic E-state index is -1.17. The maximum absolute atomic E-state index is 13.9. The second kappa shape index (κ2) is 13.2. The molecule has 0 unspecified atom stereocenters. The van der Waals surface area contributed by atoms with Gasteiger partial charge in [0.05, 0.1) is 6.61 Å². The monoisotopic (exact) mass is 406 g/mol. The van der Waals surface area contributed by atoms with Gasteiger partial charge in [0.2, 0.25) is 11.7 Å². The van der Waals surface area contributed by atoms with Gasteiger partial charge in [-0.25, -0.2) is 0 Å². The number of rotatable bonds is 8. The van der Waals surface area contributed by atoms with Crippen LogP contribution < -0.4 is 4.74 Å². The predicted molar refractivity (Wildman–Crippen MR) is 120 cm³/mol. The van der Waals surface area contributed by atoms with Crippen molar-refractivity contribution in [2.75, 3.05) is 6.61 Å². The van der Waals surface area contributed by atoms with Gasteiger partial charge in [-0.2, -0.15) is 8.78 Å². The van der Waals surface area contributed by atoms with Crippen molar-refractivity contribution in [2.24, 2.45) is 0 Å². The zero-order valence-electron chi connectivity index (χ0n) is 17.7. The molecule has 0 saturated heterocycles. The van der Waals surface area contributed by atoms with E-state index < -0.39 is 11.7 Å². The van der Waals surface area contributed by atoms with Gasteiger partial charge in [-0.15, -0.1) is 0 Å². The molecule has 2 aromatic rings. The summed E-state index contributed by atoms with van der Waals surface area (Å²) in [5.41, 5.74) is 2.45. The molecule has 0 saturated carbocycles. The van der Waals surface area contributed by atoms with Crippen LogP contribution in [-0.2, 0) is 6.42 Å². The Morgan fingerprint density at radius 3 is 1.80 bits per heavy atom. The lowest BCUT2D eigenvalue weighted by atomic mass is 10.0. The number of hydrogen-bond donors (Lipinski definition) is 0. The standard InChI is InChI=1S/C27H28F2O/c1-3-5-6-7-8-9-22-10-12-23(13-11-22)16-20-26(28)27(29)21-17-24-14-18-25(19-15-24)30-4-2/h10-15,18-19H,3-9H2,1-2H3. The van der Waals surface area contributed by atoms with E-state index in [0.717, 1.165) is 6.42 Å². The summed E-state index contributed by atoms with van der Waals surface area (Å²) in [4.78, 5) is 0. The van der Waals surface area contributed by atoms with Gasteiger partial charge in [-0.05, 0) is 73.6 Å². The molecule has 156 valence electrons. The molecule has 30 heavy (non-hydrogen) atoms. The lowest BCUT2D eigenvalue weighted by molar-refractivity contribution is 0.340. The molecule has 0 heterocycles. The van der Waals surface area contributed by atoms with Crippen molar-refractivity contribution in [3.05, 3.63) is 76.9 Å². The van der Waals surface area contributed by atoms with Gasteiger partial charge >= 0.3 is 0 Å². The van der Waals surface area contributed by atoms with E-state index in [2.05, 4.69) is 30.6 Å². The van der Waals surface area contributed by atoms with E-state index in [1.54, 1.807) is 24.3 Å². The molecule has 2 aromatic carbocycles. The van der Waals surface area contributed by atoms with Crippen molar-refractivity contribution >= 4 is 0 Å². The molecule has 3 heteroatoms. The smallest absolute Gasteiger partial charge is 0.217 e. The number of ether oxygens (including phenoxy) is 1. The van der Waals surface area contributed by atoms with Crippen LogP contribution >= 0.6 is 0 Å².